The molecule has 0 saturated carbocycles. The predicted molar refractivity (Wildman–Crippen MR) is 86.0 cm³/mol. The summed E-state index contributed by atoms with van der Waals surface area (Å²) in [6.45, 7) is 2.20. The molecule has 2 rings (SSSR count). The van der Waals surface area contributed by atoms with Crippen molar-refractivity contribution in [2.45, 2.75) is 32.6 Å². The fraction of sp³-hybridized carbons (Fsp3) is 0.316. The highest BCUT2D eigenvalue weighted by Gasteiger charge is 2.06. The van der Waals surface area contributed by atoms with Crippen LogP contribution in [0.25, 0.3) is 11.1 Å². The third-order valence-electron chi connectivity index (χ3n) is 3.54. The summed E-state index contributed by atoms with van der Waals surface area (Å²) in [5.41, 5.74) is 2.59. The van der Waals surface area contributed by atoms with E-state index in [0.717, 1.165) is 24.0 Å². The molecule has 0 aliphatic rings. The van der Waals surface area contributed by atoms with E-state index in [0.29, 0.717) is 25.0 Å². The summed E-state index contributed by atoms with van der Waals surface area (Å²) in [6, 6.07) is 15.1. The number of aryl methyl sites for hydroxylation is 1. The van der Waals surface area contributed by atoms with Gasteiger partial charge in [-0.3, -0.25) is 4.79 Å². The molecular formula is C19H21FO2. The molecule has 0 N–H and O–H groups in total. The monoisotopic (exact) mass is 300 g/mol. The second-order valence-corrected chi connectivity index (χ2v) is 5.18. The van der Waals surface area contributed by atoms with E-state index in [-0.39, 0.29) is 11.8 Å². The maximum atomic E-state index is 14.2. The van der Waals surface area contributed by atoms with Gasteiger partial charge in [-0.15, -0.1) is 0 Å². The smallest absolute Gasteiger partial charge is 0.305 e. The van der Waals surface area contributed by atoms with Crippen LogP contribution in [0, 0.1) is 5.82 Å². The first-order chi connectivity index (χ1) is 10.7. The SMILES string of the molecule is CCOC(=O)CCCCc1ccc(-c2ccccc2)cc1F. The first-order valence-corrected chi connectivity index (χ1v) is 7.70. The maximum absolute atomic E-state index is 14.2. The van der Waals surface area contributed by atoms with Gasteiger partial charge in [0.15, 0.2) is 0 Å². The van der Waals surface area contributed by atoms with Crippen molar-refractivity contribution in [3.05, 3.63) is 59.9 Å². The summed E-state index contributed by atoms with van der Waals surface area (Å²) in [5, 5.41) is 0. The summed E-state index contributed by atoms with van der Waals surface area (Å²) in [4.78, 5) is 11.2. The van der Waals surface area contributed by atoms with Crippen molar-refractivity contribution in [3.63, 3.8) is 0 Å². The Hall–Kier alpha value is -2.16. The molecule has 2 aromatic rings. The van der Waals surface area contributed by atoms with Crippen molar-refractivity contribution in [1.29, 1.82) is 0 Å². The number of carbonyl (C=O) groups is 1. The van der Waals surface area contributed by atoms with Crippen LogP contribution in [-0.2, 0) is 16.0 Å². The van der Waals surface area contributed by atoms with Gasteiger partial charge < -0.3 is 4.74 Å². The van der Waals surface area contributed by atoms with E-state index in [1.165, 1.54) is 0 Å². The van der Waals surface area contributed by atoms with E-state index >= 15 is 0 Å². The number of carbonyl (C=O) groups excluding carboxylic acids is 1. The van der Waals surface area contributed by atoms with Crippen molar-refractivity contribution in [2.75, 3.05) is 6.61 Å². The first kappa shape index (κ1) is 16.2. The van der Waals surface area contributed by atoms with Crippen LogP contribution in [0.1, 0.15) is 31.7 Å². The molecule has 2 nitrogen and oxygen atoms in total. The zero-order valence-electron chi connectivity index (χ0n) is 12.8. The van der Waals surface area contributed by atoms with Gasteiger partial charge in [0, 0.05) is 6.42 Å². The number of hydrogen-bond acceptors (Lipinski definition) is 2. The zero-order chi connectivity index (χ0) is 15.8. The topological polar surface area (TPSA) is 26.3 Å². The summed E-state index contributed by atoms with van der Waals surface area (Å²) < 4.78 is 19.0. The second-order valence-electron chi connectivity index (χ2n) is 5.18. The minimum Gasteiger partial charge on any atom is -0.466 e. The van der Waals surface area contributed by atoms with Crippen molar-refractivity contribution < 1.29 is 13.9 Å². The highest BCUT2D eigenvalue weighted by molar-refractivity contribution is 5.69. The Bertz CT molecular complexity index is 608. The lowest BCUT2D eigenvalue weighted by Gasteiger charge is -2.07. The molecule has 0 unspecified atom stereocenters. The molecule has 0 amide bonds. The first-order valence-electron chi connectivity index (χ1n) is 7.70. The van der Waals surface area contributed by atoms with Gasteiger partial charge in [0.05, 0.1) is 6.61 Å². The molecule has 0 heterocycles. The average Bonchev–Trinajstić information content (AvgIpc) is 2.54. The minimum absolute atomic E-state index is 0.178. The standard InChI is InChI=1S/C19H21FO2/c1-2-22-19(21)11-7-6-10-16-12-13-17(14-18(16)20)15-8-4-3-5-9-15/h3-5,8-9,12-14H,2,6-7,10-11H2,1H3. The lowest BCUT2D eigenvalue weighted by molar-refractivity contribution is -0.143. The number of rotatable bonds is 7. The second kappa shape index (κ2) is 8.32. The van der Waals surface area contributed by atoms with Crippen molar-refractivity contribution in [3.8, 4) is 11.1 Å². The van der Waals surface area contributed by atoms with Gasteiger partial charge in [0.2, 0.25) is 0 Å². The number of ether oxygens (including phenoxy) is 1. The molecule has 0 radical (unpaired) electrons. The number of halogens is 1. The predicted octanol–water partition coefficient (Wildman–Crippen LogP) is 4.77. The van der Waals surface area contributed by atoms with Crippen LogP contribution < -0.4 is 0 Å². The van der Waals surface area contributed by atoms with Gasteiger partial charge in [-0.25, -0.2) is 4.39 Å². The van der Waals surface area contributed by atoms with Gasteiger partial charge in [-0.05, 0) is 48.9 Å². The number of hydrogen-bond donors (Lipinski definition) is 0. The molecule has 0 atom stereocenters. The Balaban J connectivity index is 1.89. The Kier molecular flexibility index (Phi) is 6.13. The highest BCUT2D eigenvalue weighted by atomic mass is 19.1. The molecule has 22 heavy (non-hydrogen) atoms. The minimum atomic E-state index is -0.183. The quantitative estimate of drug-likeness (QED) is 0.544. The Morgan fingerprint density at radius 1 is 1.05 bits per heavy atom. The third kappa shape index (κ3) is 4.69. The van der Waals surface area contributed by atoms with Gasteiger partial charge in [-0.1, -0.05) is 42.5 Å². The highest BCUT2D eigenvalue weighted by Crippen LogP contribution is 2.22. The van der Waals surface area contributed by atoms with E-state index in [2.05, 4.69) is 0 Å². The summed E-state index contributed by atoms with van der Waals surface area (Å²) >= 11 is 0. The number of esters is 1. The largest absolute Gasteiger partial charge is 0.466 e. The van der Waals surface area contributed by atoms with Gasteiger partial charge in [0.25, 0.3) is 0 Å². The van der Waals surface area contributed by atoms with Crippen molar-refractivity contribution in [2.24, 2.45) is 0 Å². The van der Waals surface area contributed by atoms with Gasteiger partial charge in [-0.2, -0.15) is 0 Å². The molecule has 0 aromatic heterocycles. The maximum Gasteiger partial charge on any atom is 0.305 e. The van der Waals surface area contributed by atoms with Crippen LogP contribution in [0.2, 0.25) is 0 Å². The zero-order valence-corrected chi connectivity index (χ0v) is 12.8. The van der Waals surface area contributed by atoms with E-state index in [4.69, 9.17) is 4.74 Å². The van der Waals surface area contributed by atoms with E-state index in [1.54, 1.807) is 13.0 Å². The molecule has 0 spiro atoms. The normalized spacial score (nSPS) is 10.5. The van der Waals surface area contributed by atoms with Crippen molar-refractivity contribution >= 4 is 5.97 Å². The summed E-state index contributed by atoms with van der Waals surface area (Å²) in [5.74, 6) is -0.361. The molecule has 0 bridgehead atoms. The van der Waals surface area contributed by atoms with Gasteiger partial charge in [0.1, 0.15) is 5.82 Å². The lowest BCUT2D eigenvalue weighted by Crippen LogP contribution is -2.03. The fourth-order valence-electron chi connectivity index (χ4n) is 2.38. The molecule has 0 fully saturated rings. The van der Waals surface area contributed by atoms with Crippen LogP contribution in [0.5, 0.6) is 0 Å². The lowest BCUT2D eigenvalue weighted by atomic mass is 10.0. The summed E-state index contributed by atoms with van der Waals surface area (Å²) in [6.07, 6.45) is 2.54. The summed E-state index contributed by atoms with van der Waals surface area (Å²) in [7, 11) is 0. The Labute approximate surface area is 130 Å². The number of unbranched alkanes of at least 4 members (excludes halogenated alkanes) is 1. The fourth-order valence-corrected chi connectivity index (χ4v) is 2.38. The molecule has 3 heteroatoms. The van der Waals surface area contributed by atoms with E-state index in [1.807, 2.05) is 42.5 Å². The average molecular weight is 300 g/mol. The molecule has 2 aromatic carbocycles. The molecular weight excluding hydrogens is 279 g/mol. The Morgan fingerprint density at radius 2 is 1.82 bits per heavy atom. The molecule has 116 valence electrons. The third-order valence-corrected chi connectivity index (χ3v) is 3.54. The van der Waals surface area contributed by atoms with E-state index < -0.39 is 0 Å². The Morgan fingerprint density at radius 3 is 2.50 bits per heavy atom. The van der Waals surface area contributed by atoms with Crippen LogP contribution in [0.15, 0.2) is 48.5 Å². The van der Waals surface area contributed by atoms with E-state index in [9.17, 15) is 9.18 Å². The van der Waals surface area contributed by atoms with Crippen molar-refractivity contribution in [1.82, 2.24) is 0 Å². The van der Waals surface area contributed by atoms with Crippen LogP contribution in [0.4, 0.5) is 4.39 Å². The number of benzene rings is 2. The molecule has 0 aliphatic carbocycles. The molecule has 0 aliphatic heterocycles. The van der Waals surface area contributed by atoms with Crippen LogP contribution in [-0.4, -0.2) is 12.6 Å². The van der Waals surface area contributed by atoms with Crippen LogP contribution >= 0.6 is 0 Å². The van der Waals surface area contributed by atoms with Gasteiger partial charge >= 0.3 is 5.97 Å². The molecule has 0 saturated heterocycles. The van der Waals surface area contributed by atoms with Crippen LogP contribution in [0.3, 0.4) is 0 Å².